The molecule has 0 fully saturated rings. The van der Waals surface area contributed by atoms with E-state index in [0.717, 1.165) is 6.92 Å². The molecule has 0 aliphatic carbocycles. The van der Waals surface area contributed by atoms with Gasteiger partial charge in [-0.25, -0.2) is 9.78 Å². The molecular weight excluding hydrogens is 1090 g/mol. The number of aliphatic hydroxyl groups excluding tert-OH is 5. The zero-order chi connectivity index (χ0) is 61.6. The number of hydrogen-bond acceptors (Lipinski definition) is 21. The van der Waals surface area contributed by atoms with E-state index in [2.05, 4.69) is 52.2 Å². The summed E-state index contributed by atoms with van der Waals surface area (Å²) in [6.45, 7) is -3.20. The summed E-state index contributed by atoms with van der Waals surface area (Å²) in [4.78, 5) is 155. The maximum absolute atomic E-state index is 14.2. The number of carbonyl (C=O) groups excluding carboxylic acids is 9. The van der Waals surface area contributed by atoms with E-state index < -0.39 is 171 Å². The maximum atomic E-state index is 14.2. The number of rotatable bonds is 38. The number of hydrogen-bond donors (Lipinski definition) is 22. The molecule has 2 aromatic rings. The van der Waals surface area contributed by atoms with Crippen LogP contribution in [0.3, 0.4) is 0 Å². The smallest absolute Gasteiger partial charge is 0.328 e. The Morgan fingerprint density at radius 2 is 1.00 bits per heavy atom. The van der Waals surface area contributed by atoms with Gasteiger partial charge >= 0.3 is 11.9 Å². The molecule has 1 aromatic heterocycles. The normalized spacial score (nSPS) is 15.0. The molecule has 82 heavy (non-hydrogen) atoms. The van der Waals surface area contributed by atoms with E-state index in [1.807, 2.05) is 10.6 Å². The summed E-state index contributed by atoms with van der Waals surface area (Å²) in [5.41, 5.74) is 22.8. The fourth-order valence-electron chi connectivity index (χ4n) is 7.30. The number of carboxylic acids is 2. The van der Waals surface area contributed by atoms with Gasteiger partial charge in [0.1, 0.15) is 54.1 Å². The van der Waals surface area contributed by atoms with Crippen LogP contribution in [0, 0.1) is 0 Å². The number of nitrogens with two attached hydrogens (primary N) is 4. The van der Waals surface area contributed by atoms with E-state index >= 15 is 0 Å². The molecule has 0 unspecified atom stereocenters. The van der Waals surface area contributed by atoms with Crippen LogP contribution in [-0.4, -0.2) is 228 Å². The molecule has 0 saturated carbocycles. The quantitative estimate of drug-likeness (QED) is 0.0169. The van der Waals surface area contributed by atoms with Gasteiger partial charge in [-0.2, -0.15) is 0 Å². The Labute approximate surface area is 467 Å². The third-order valence-corrected chi connectivity index (χ3v) is 11.8. The number of nitrogens with zero attached hydrogens (tertiary/aromatic N) is 2. The van der Waals surface area contributed by atoms with Crippen LogP contribution in [0.1, 0.15) is 56.7 Å². The number of benzene rings is 1. The fraction of sp³-hybridized carbons (Fsp3) is 0.553. The number of aromatic hydroxyl groups is 1. The van der Waals surface area contributed by atoms with Crippen molar-refractivity contribution in [1.29, 1.82) is 0 Å². The van der Waals surface area contributed by atoms with Crippen molar-refractivity contribution in [2.45, 2.75) is 125 Å². The Bertz CT molecular complexity index is 2480. The molecule has 1 aromatic carbocycles. The van der Waals surface area contributed by atoms with E-state index in [9.17, 15) is 93.6 Å². The number of unbranched alkanes of at least 4 members (excludes halogenated alkanes) is 1. The summed E-state index contributed by atoms with van der Waals surface area (Å²) in [6, 6.07) is -12.5. The highest BCUT2D eigenvalue weighted by molar-refractivity contribution is 5.99. The number of phenols is 1. The first-order valence-corrected chi connectivity index (χ1v) is 25.3. The van der Waals surface area contributed by atoms with Gasteiger partial charge in [0.25, 0.3) is 0 Å². The van der Waals surface area contributed by atoms with Gasteiger partial charge < -0.3 is 117 Å². The molecule has 26 N–H and O–H groups in total. The van der Waals surface area contributed by atoms with Crippen molar-refractivity contribution in [3.05, 3.63) is 48.0 Å². The van der Waals surface area contributed by atoms with E-state index in [1.165, 1.54) is 36.8 Å². The molecule has 0 saturated heterocycles. The molecule has 0 bridgehead atoms. The molecule has 0 spiro atoms. The lowest BCUT2D eigenvalue weighted by atomic mass is 10.0. The molecule has 11 atom stereocenters. The number of carbonyl (C=O) groups is 11. The molecule has 0 aliphatic rings. The number of imidazole rings is 1. The molecule has 1 heterocycles. The van der Waals surface area contributed by atoms with Crippen molar-refractivity contribution in [1.82, 2.24) is 57.8 Å². The first-order chi connectivity index (χ1) is 38.8. The second-order valence-electron chi connectivity index (χ2n) is 18.4. The number of amides is 9. The zero-order valence-electron chi connectivity index (χ0n) is 44.5. The summed E-state index contributed by atoms with van der Waals surface area (Å²) in [6.07, 6.45) is -0.229. The topological polar surface area (TPSA) is 603 Å². The first kappa shape index (κ1) is 69.5. The van der Waals surface area contributed by atoms with Gasteiger partial charge in [0.15, 0.2) is 12.0 Å². The number of aliphatic imine (C=N–C) groups is 1. The van der Waals surface area contributed by atoms with Gasteiger partial charge in [0.05, 0.1) is 51.3 Å². The second kappa shape index (κ2) is 35.9. The Balaban J connectivity index is 2.43. The average molecular weight is 1170 g/mol. The van der Waals surface area contributed by atoms with E-state index in [0.29, 0.717) is 19.4 Å². The number of aliphatic hydroxyl groups is 5. The number of carboxylic acid groups (broad SMARTS) is 2. The van der Waals surface area contributed by atoms with Crippen LogP contribution in [0.5, 0.6) is 5.75 Å². The van der Waals surface area contributed by atoms with Gasteiger partial charge in [-0.05, 0) is 56.8 Å². The van der Waals surface area contributed by atoms with Crippen LogP contribution < -0.4 is 70.8 Å². The minimum absolute atomic E-state index is 0.0372. The van der Waals surface area contributed by atoms with Crippen molar-refractivity contribution in [2.75, 3.05) is 39.5 Å². The average Bonchev–Trinajstić information content (AvgIpc) is 3.95. The Hall–Kier alpha value is -8.61. The molecule has 2 rings (SSSR count). The van der Waals surface area contributed by atoms with E-state index in [4.69, 9.17) is 22.9 Å². The summed E-state index contributed by atoms with van der Waals surface area (Å²) in [5.74, 6) is -14.6. The minimum atomic E-state index is -2.03. The molecule has 9 amide bonds. The number of aromatic amines is 1. The van der Waals surface area contributed by atoms with Crippen molar-refractivity contribution in [3.8, 4) is 5.75 Å². The maximum Gasteiger partial charge on any atom is 0.328 e. The summed E-state index contributed by atoms with van der Waals surface area (Å²) in [5, 5.41) is 98.9. The fourth-order valence-corrected chi connectivity index (χ4v) is 7.30. The van der Waals surface area contributed by atoms with Crippen molar-refractivity contribution in [2.24, 2.45) is 27.9 Å². The summed E-state index contributed by atoms with van der Waals surface area (Å²) >= 11 is 0. The van der Waals surface area contributed by atoms with Gasteiger partial charge in [-0.15, -0.1) is 0 Å². The van der Waals surface area contributed by atoms with Gasteiger partial charge in [-0.3, -0.25) is 52.9 Å². The van der Waals surface area contributed by atoms with Crippen molar-refractivity contribution >= 4 is 71.1 Å². The molecule has 35 nitrogen and oxygen atoms in total. The number of phenolic OH excluding ortho intramolecular Hbond substituents is 1. The molecule has 35 heteroatoms. The number of guanidine groups is 1. The lowest BCUT2D eigenvalue weighted by molar-refractivity contribution is -0.146. The van der Waals surface area contributed by atoms with Crippen molar-refractivity contribution < 1.29 is 93.6 Å². The van der Waals surface area contributed by atoms with Crippen LogP contribution in [0.25, 0.3) is 0 Å². The van der Waals surface area contributed by atoms with Crippen LogP contribution >= 0.6 is 0 Å². The van der Waals surface area contributed by atoms with Gasteiger partial charge in [0, 0.05) is 31.3 Å². The molecule has 0 aliphatic heterocycles. The number of aromatic nitrogens is 2. The van der Waals surface area contributed by atoms with Crippen molar-refractivity contribution in [3.63, 3.8) is 0 Å². The predicted octanol–water partition coefficient (Wildman–Crippen LogP) is -10.3. The van der Waals surface area contributed by atoms with Crippen LogP contribution in [0.15, 0.2) is 41.8 Å². The molecule has 456 valence electrons. The Morgan fingerprint density at radius 1 is 0.573 bits per heavy atom. The zero-order valence-corrected chi connectivity index (χ0v) is 44.5. The minimum Gasteiger partial charge on any atom is -0.508 e. The Morgan fingerprint density at radius 3 is 1.43 bits per heavy atom. The third-order valence-electron chi connectivity index (χ3n) is 11.8. The lowest BCUT2D eigenvalue weighted by Gasteiger charge is -2.27. The van der Waals surface area contributed by atoms with Gasteiger partial charge in [-0.1, -0.05) is 18.6 Å². The Kier molecular flexibility index (Phi) is 30.4. The van der Waals surface area contributed by atoms with E-state index in [1.54, 1.807) is 0 Å². The van der Waals surface area contributed by atoms with Crippen LogP contribution in [0.4, 0.5) is 0 Å². The highest BCUT2D eigenvalue weighted by Crippen LogP contribution is 2.13. The lowest BCUT2D eigenvalue weighted by Crippen LogP contribution is -2.62. The SMILES string of the molecule is C[C@@H](O)[C@H](NC(=O)[C@H](CC(=O)O)NC(=O)[C@H](CO)NC(=O)[C@H](Cc1ccc(O)cc1)NC(=O)[C@H](CO)NC(=O)[C@H](CCCN=C(N)N)NC(=O)[C@H](Cc1cnc[nH]1)NC(=O)[C@H](CO)NC(=O)[C@H](CO)NC(=O)[C@@H](N)CCCCN)C(=O)O. The largest absolute Gasteiger partial charge is 0.508 e. The monoisotopic (exact) mass is 1170 g/mol. The predicted molar refractivity (Wildman–Crippen MR) is 282 cm³/mol. The summed E-state index contributed by atoms with van der Waals surface area (Å²) < 4.78 is 0. The van der Waals surface area contributed by atoms with Crippen LogP contribution in [-0.2, 0) is 65.6 Å². The van der Waals surface area contributed by atoms with E-state index in [-0.39, 0.29) is 55.2 Å². The number of nitrogens with one attached hydrogen (secondary N) is 10. The highest BCUT2D eigenvalue weighted by atomic mass is 16.4. The number of H-pyrrole nitrogens is 1. The number of aliphatic carboxylic acids is 2. The first-order valence-electron chi connectivity index (χ1n) is 25.3. The van der Waals surface area contributed by atoms with Gasteiger partial charge in [0.2, 0.25) is 53.2 Å². The summed E-state index contributed by atoms with van der Waals surface area (Å²) in [7, 11) is 0. The third kappa shape index (κ3) is 24.4. The standard InChI is InChI=1S/C47H74N16O19/c1-22(68)36(46(81)82)63-41(76)30(15-35(70)71)58-44(79)33(19-66)61-39(74)28(13-23-7-9-25(69)10-8-23)56-42(77)32(18-65)60-38(73)27(6-4-12-53-47(50)51)55-40(75)29(14-24-16-52-21-54-24)57-43(78)34(20-67)62-45(80)31(17-64)59-37(72)26(49)5-2-3-11-48/h7-10,16,21-22,26-34,36,64-69H,2-6,11-15,17-20,48-49H2,1H3,(H,52,54)(H,55,75)(H,56,77)(H,57,78)(H,58,79)(H,59,72)(H,60,73)(H,61,74)(H,62,80)(H,63,76)(H,70,71)(H,81,82)(H4,50,51,53)/t22-,26+,27+,28+,29+,30+,31+,32+,33+,34+,36+/m1/s1. The molecule has 0 radical (unpaired) electrons. The second-order valence-corrected chi connectivity index (χ2v) is 18.4. The highest BCUT2D eigenvalue weighted by Gasteiger charge is 2.36. The molecular formula is C47H74N16O19. The van der Waals surface area contributed by atoms with Crippen LogP contribution in [0.2, 0.25) is 0 Å².